The first-order valence-electron chi connectivity index (χ1n) is 13.0. The summed E-state index contributed by atoms with van der Waals surface area (Å²) in [5.74, 6) is 2.23. The van der Waals surface area contributed by atoms with Gasteiger partial charge in [-0.3, -0.25) is 4.79 Å². The van der Waals surface area contributed by atoms with Crippen LogP contribution in [0, 0.1) is 3.57 Å². The highest BCUT2D eigenvalue weighted by molar-refractivity contribution is 14.1. The van der Waals surface area contributed by atoms with Crippen LogP contribution in [0.25, 0.3) is 10.9 Å². The van der Waals surface area contributed by atoms with Gasteiger partial charge in [-0.25, -0.2) is 4.98 Å². The summed E-state index contributed by atoms with van der Waals surface area (Å²) >= 11 is 11.7. The third kappa shape index (κ3) is 6.66. The summed E-state index contributed by atoms with van der Waals surface area (Å²) in [7, 11) is 0. The highest BCUT2D eigenvalue weighted by atomic mass is 127. The Morgan fingerprint density at radius 3 is 2.62 bits per heavy atom. The summed E-state index contributed by atoms with van der Waals surface area (Å²) in [6.45, 7) is 2.81. The zero-order chi connectivity index (χ0) is 27.4. The van der Waals surface area contributed by atoms with Crippen LogP contribution in [0.5, 0.6) is 11.5 Å². The first-order chi connectivity index (χ1) is 18.9. The molecule has 0 aliphatic heterocycles. The normalized spacial score (nSPS) is 14.3. The molecule has 202 valence electrons. The van der Waals surface area contributed by atoms with Crippen molar-refractivity contribution in [3.63, 3.8) is 0 Å². The van der Waals surface area contributed by atoms with Gasteiger partial charge in [0.15, 0.2) is 11.5 Å². The molecule has 1 aliphatic carbocycles. The number of benzene rings is 3. The van der Waals surface area contributed by atoms with E-state index in [0.717, 1.165) is 50.7 Å². The molecule has 1 heterocycles. The fraction of sp³-hybridized carbons (Fsp3) is 0.300. The predicted molar refractivity (Wildman–Crippen MR) is 169 cm³/mol. The van der Waals surface area contributed by atoms with Crippen molar-refractivity contribution in [3.8, 4) is 11.5 Å². The van der Waals surface area contributed by atoms with Crippen molar-refractivity contribution in [1.82, 2.24) is 9.66 Å². The predicted octanol–water partition coefficient (Wildman–Crippen LogP) is 8.32. The Kier molecular flexibility index (Phi) is 9.25. The van der Waals surface area contributed by atoms with Crippen molar-refractivity contribution >= 4 is 67.2 Å². The van der Waals surface area contributed by atoms with Crippen LogP contribution in [0.4, 0.5) is 0 Å². The van der Waals surface area contributed by atoms with Gasteiger partial charge in [-0.1, -0.05) is 58.9 Å². The Balaban J connectivity index is 1.50. The van der Waals surface area contributed by atoms with E-state index in [1.807, 2.05) is 61.5 Å². The molecular weight excluding hydrogens is 693 g/mol. The maximum atomic E-state index is 13.6. The second-order valence-corrected chi connectivity index (χ2v) is 12.0. The monoisotopic (exact) mass is 719 g/mol. The van der Waals surface area contributed by atoms with Gasteiger partial charge in [0, 0.05) is 15.4 Å². The summed E-state index contributed by atoms with van der Waals surface area (Å²) in [6.07, 6.45) is 7.21. The van der Waals surface area contributed by atoms with Crippen LogP contribution >= 0.6 is 50.1 Å². The van der Waals surface area contributed by atoms with Gasteiger partial charge in [0.1, 0.15) is 12.4 Å². The zero-order valence-electron chi connectivity index (χ0n) is 21.5. The number of nitrogens with zero attached hydrogens (tertiary/aromatic N) is 3. The third-order valence-corrected chi connectivity index (χ3v) is 8.30. The Morgan fingerprint density at radius 1 is 1.10 bits per heavy atom. The fourth-order valence-corrected chi connectivity index (χ4v) is 6.10. The van der Waals surface area contributed by atoms with Gasteiger partial charge in [0.05, 0.1) is 27.3 Å². The van der Waals surface area contributed by atoms with Gasteiger partial charge in [-0.05, 0) is 95.9 Å². The van der Waals surface area contributed by atoms with Crippen molar-refractivity contribution in [2.24, 2.45) is 5.10 Å². The molecule has 5 rings (SSSR count). The lowest BCUT2D eigenvalue weighted by Gasteiger charge is -2.22. The minimum Gasteiger partial charge on any atom is -0.490 e. The van der Waals surface area contributed by atoms with Gasteiger partial charge in [-0.2, -0.15) is 9.78 Å². The number of aromatic nitrogens is 2. The number of fused-ring (bicyclic) bond motifs is 1. The molecule has 0 unspecified atom stereocenters. The van der Waals surface area contributed by atoms with Gasteiger partial charge in [0.2, 0.25) is 0 Å². The first kappa shape index (κ1) is 28.1. The maximum Gasteiger partial charge on any atom is 0.282 e. The SMILES string of the molecule is CCOc1cc(C=Nn2c(C3CCCCC3)nc3ccc(Br)cc3c2=O)cc(I)c1OCc1ccc(Cl)cc1. The summed E-state index contributed by atoms with van der Waals surface area (Å²) < 4.78 is 15.3. The molecule has 4 aromatic rings. The first-order valence-corrected chi connectivity index (χ1v) is 15.3. The number of halogens is 3. The minimum atomic E-state index is -0.166. The average molecular weight is 721 g/mol. The smallest absolute Gasteiger partial charge is 0.282 e. The second-order valence-electron chi connectivity index (χ2n) is 9.51. The van der Waals surface area contributed by atoms with Crippen molar-refractivity contribution in [2.75, 3.05) is 6.61 Å². The molecule has 0 N–H and O–H groups in total. The Morgan fingerprint density at radius 2 is 1.87 bits per heavy atom. The second kappa shape index (κ2) is 12.8. The topological polar surface area (TPSA) is 65.7 Å². The summed E-state index contributed by atoms with van der Waals surface area (Å²) in [5, 5.41) is 5.92. The molecule has 0 radical (unpaired) electrons. The molecule has 3 aromatic carbocycles. The lowest BCUT2D eigenvalue weighted by atomic mass is 9.88. The summed E-state index contributed by atoms with van der Waals surface area (Å²) in [4.78, 5) is 18.6. The molecule has 1 fully saturated rings. The van der Waals surface area contributed by atoms with E-state index in [9.17, 15) is 4.79 Å². The molecule has 0 saturated heterocycles. The van der Waals surface area contributed by atoms with Gasteiger partial charge < -0.3 is 9.47 Å². The number of hydrogen-bond acceptors (Lipinski definition) is 5. The van der Waals surface area contributed by atoms with E-state index in [0.29, 0.717) is 40.6 Å². The van der Waals surface area contributed by atoms with Crippen LogP contribution in [-0.4, -0.2) is 22.5 Å². The maximum absolute atomic E-state index is 13.6. The molecular formula is C30H28BrClIN3O3. The highest BCUT2D eigenvalue weighted by Crippen LogP contribution is 2.35. The van der Waals surface area contributed by atoms with Crippen molar-refractivity contribution in [2.45, 2.75) is 51.6 Å². The van der Waals surface area contributed by atoms with E-state index in [4.69, 9.17) is 31.2 Å². The molecule has 0 amide bonds. The van der Waals surface area contributed by atoms with Crippen molar-refractivity contribution < 1.29 is 9.47 Å². The number of hydrogen-bond donors (Lipinski definition) is 0. The fourth-order valence-electron chi connectivity index (χ4n) is 4.83. The van der Waals surface area contributed by atoms with Crippen LogP contribution in [0.3, 0.4) is 0 Å². The van der Waals surface area contributed by atoms with Crippen LogP contribution < -0.4 is 15.0 Å². The Bertz CT molecular complexity index is 1570. The molecule has 0 atom stereocenters. The van der Waals surface area contributed by atoms with E-state index in [2.05, 4.69) is 38.5 Å². The van der Waals surface area contributed by atoms with Crippen molar-refractivity contribution in [1.29, 1.82) is 0 Å². The lowest BCUT2D eigenvalue weighted by Crippen LogP contribution is -2.25. The largest absolute Gasteiger partial charge is 0.490 e. The van der Waals surface area contributed by atoms with E-state index >= 15 is 0 Å². The zero-order valence-corrected chi connectivity index (χ0v) is 26.0. The van der Waals surface area contributed by atoms with E-state index < -0.39 is 0 Å². The number of ether oxygens (including phenoxy) is 2. The molecule has 0 spiro atoms. The molecule has 1 aliphatic rings. The summed E-state index contributed by atoms with van der Waals surface area (Å²) in [6, 6.07) is 17.0. The average Bonchev–Trinajstić information content (AvgIpc) is 2.94. The van der Waals surface area contributed by atoms with Crippen LogP contribution in [0.1, 0.15) is 61.9 Å². The van der Waals surface area contributed by atoms with Gasteiger partial charge in [-0.15, -0.1) is 0 Å². The van der Waals surface area contributed by atoms with E-state index in [1.54, 1.807) is 6.21 Å². The number of rotatable bonds is 8. The van der Waals surface area contributed by atoms with Crippen LogP contribution in [-0.2, 0) is 6.61 Å². The highest BCUT2D eigenvalue weighted by Gasteiger charge is 2.22. The molecule has 6 nitrogen and oxygen atoms in total. The van der Waals surface area contributed by atoms with Crippen LogP contribution in [0.2, 0.25) is 5.02 Å². The molecule has 0 bridgehead atoms. The standard InChI is InChI=1S/C30H28BrClIN3O3/c1-2-38-27-15-20(14-25(33)28(27)39-18-19-8-11-23(32)12-9-19)17-34-36-29(21-6-4-3-5-7-21)35-26-13-10-22(31)16-24(26)30(36)37/h8-17,21H,2-7,18H2,1H3. The van der Waals surface area contributed by atoms with Gasteiger partial charge in [0.25, 0.3) is 5.56 Å². The van der Waals surface area contributed by atoms with Crippen LogP contribution in [0.15, 0.2) is 69.0 Å². The third-order valence-electron chi connectivity index (χ3n) is 6.75. The molecule has 1 saturated carbocycles. The minimum absolute atomic E-state index is 0.166. The molecule has 9 heteroatoms. The van der Waals surface area contributed by atoms with E-state index in [-0.39, 0.29) is 11.5 Å². The Hall–Kier alpha value is -2.43. The summed E-state index contributed by atoms with van der Waals surface area (Å²) in [5.41, 5.74) is 2.34. The van der Waals surface area contributed by atoms with E-state index in [1.165, 1.54) is 11.1 Å². The Labute approximate surface area is 254 Å². The van der Waals surface area contributed by atoms with Gasteiger partial charge >= 0.3 is 0 Å². The molecule has 1 aromatic heterocycles. The van der Waals surface area contributed by atoms with Crippen molar-refractivity contribution in [3.05, 3.63) is 95.0 Å². The quantitative estimate of drug-likeness (QED) is 0.136. The lowest BCUT2D eigenvalue weighted by molar-refractivity contribution is 0.267. The molecule has 39 heavy (non-hydrogen) atoms.